The van der Waals surface area contributed by atoms with E-state index in [9.17, 15) is 5.11 Å². The standard InChI is InChI=1S/C17H20N2O/c18-13-5-3-1-2-4-11-17(12-6-14-19-17)15-7-9-16(20)10-8-15/h6-10,12,14,20H,1-5,11H2. The van der Waals surface area contributed by atoms with Crippen LogP contribution in [-0.4, -0.2) is 11.3 Å². The van der Waals surface area contributed by atoms with Gasteiger partial charge in [-0.05, 0) is 36.6 Å². The zero-order valence-electron chi connectivity index (χ0n) is 11.6. The number of nitrogens with zero attached hydrogens (tertiary/aromatic N) is 2. The summed E-state index contributed by atoms with van der Waals surface area (Å²) >= 11 is 0. The van der Waals surface area contributed by atoms with Crippen molar-refractivity contribution in [2.45, 2.75) is 44.1 Å². The molecule has 104 valence electrons. The van der Waals surface area contributed by atoms with Crippen molar-refractivity contribution < 1.29 is 5.11 Å². The highest BCUT2D eigenvalue weighted by Crippen LogP contribution is 2.36. The Hall–Kier alpha value is -2.08. The summed E-state index contributed by atoms with van der Waals surface area (Å²) in [6.07, 6.45) is 11.9. The fourth-order valence-electron chi connectivity index (χ4n) is 2.59. The second kappa shape index (κ2) is 6.91. The molecule has 0 radical (unpaired) electrons. The van der Waals surface area contributed by atoms with Gasteiger partial charge < -0.3 is 5.11 Å². The lowest BCUT2D eigenvalue weighted by molar-refractivity contribution is 0.467. The Kier molecular flexibility index (Phi) is 4.95. The van der Waals surface area contributed by atoms with Gasteiger partial charge in [0.05, 0.1) is 6.07 Å². The molecule has 0 aromatic heterocycles. The monoisotopic (exact) mass is 268 g/mol. The van der Waals surface area contributed by atoms with Gasteiger partial charge in [-0.25, -0.2) is 0 Å². The summed E-state index contributed by atoms with van der Waals surface area (Å²) in [5.41, 5.74) is 0.862. The zero-order valence-corrected chi connectivity index (χ0v) is 11.6. The lowest BCUT2D eigenvalue weighted by Crippen LogP contribution is -2.18. The summed E-state index contributed by atoms with van der Waals surface area (Å²) in [4.78, 5) is 4.63. The van der Waals surface area contributed by atoms with Gasteiger partial charge >= 0.3 is 0 Å². The minimum absolute atomic E-state index is 0.261. The number of benzene rings is 1. The molecular formula is C17H20N2O. The summed E-state index contributed by atoms with van der Waals surface area (Å²) < 4.78 is 0. The molecule has 0 saturated heterocycles. The predicted octanol–water partition coefficient (Wildman–Crippen LogP) is 4.09. The lowest BCUT2D eigenvalue weighted by atomic mass is 9.85. The van der Waals surface area contributed by atoms with Gasteiger partial charge in [-0.1, -0.05) is 37.5 Å². The van der Waals surface area contributed by atoms with E-state index in [0.717, 1.165) is 37.7 Å². The van der Waals surface area contributed by atoms with Crippen molar-refractivity contribution in [1.29, 1.82) is 5.26 Å². The molecule has 1 aromatic rings. The largest absolute Gasteiger partial charge is 0.508 e. The maximum Gasteiger partial charge on any atom is 0.115 e. The van der Waals surface area contributed by atoms with Crippen LogP contribution in [0.5, 0.6) is 5.75 Å². The molecule has 2 rings (SSSR count). The van der Waals surface area contributed by atoms with Crippen LogP contribution in [0.1, 0.15) is 44.1 Å². The fourth-order valence-corrected chi connectivity index (χ4v) is 2.59. The molecule has 1 heterocycles. The minimum Gasteiger partial charge on any atom is -0.508 e. The van der Waals surface area contributed by atoms with Crippen LogP contribution < -0.4 is 0 Å². The Morgan fingerprint density at radius 3 is 2.50 bits per heavy atom. The number of unbranched alkanes of at least 4 members (excludes halogenated alkanes) is 4. The van der Waals surface area contributed by atoms with E-state index in [1.54, 1.807) is 12.1 Å². The van der Waals surface area contributed by atoms with Gasteiger partial charge in [0.2, 0.25) is 0 Å². The van der Waals surface area contributed by atoms with E-state index in [4.69, 9.17) is 5.26 Å². The number of aromatic hydroxyl groups is 1. The van der Waals surface area contributed by atoms with Gasteiger partial charge in [0, 0.05) is 12.6 Å². The second-order valence-corrected chi connectivity index (χ2v) is 5.18. The van der Waals surface area contributed by atoms with E-state index >= 15 is 0 Å². The van der Waals surface area contributed by atoms with Crippen molar-refractivity contribution in [1.82, 2.24) is 0 Å². The van der Waals surface area contributed by atoms with Gasteiger partial charge in [-0.15, -0.1) is 0 Å². The quantitative estimate of drug-likeness (QED) is 0.757. The summed E-state index contributed by atoms with van der Waals surface area (Å²) in [6, 6.07) is 9.49. The highest BCUT2D eigenvalue weighted by Gasteiger charge is 2.29. The highest BCUT2D eigenvalue weighted by atomic mass is 16.3. The lowest BCUT2D eigenvalue weighted by Gasteiger charge is -2.25. The van der Waals surface area contributed by atoms with Crippen LogP contribution in [0.25, 0.3) is 0 Å². The Labute approximate surface area is 120 Å². The van der Waals surface area contributed by atoms with Crippen molar-refractivity contribution in [2.24, 2.45) is 4.99 Å². The molecule has 0 aliphatic carbocycles. The van der Waals surface area contributed by atoms with E-state index in [1.807, 2.05) is 24.4 Å². The number of rotatable bonds is 7. The van der Waals surface area contributed by atoms with E-state index in [1.165, 1.54) is 0 Å². The first-order chi connectivity index (χ1) is 9.77. The van der Waals surface area contributed by atoms with Crippen LogP contribution in [0.3, 0.4) is 0 Å². The Bertz CT molecular complexity index is 511. The summed E-state index contributed by atoms with van der Waals surface area (Å²) in [5, 5.41) is 17.9. The third kappa shape index (κ3) is 3.48. The van der Waals surface area contributed by atoms with Crippen molar-refractivity contribution >= 4 is 6.21 Å². The topological polar surface area (TPSA) is 56.4 Å². The molecule has 1 N–H and O–H groups in total. The van der Waals surface area contributed by atoms with Crippen molar-refractivity contribution in [3.63, 3.8) is 0 Å². The average molecular weight is 268 g/mol. The van der Waals surface area contributed by atoms with Crippen LogP contribution in [-0.2, 0) is 5.54 Å². The minimum atomic E-state index is -0.261. The maximum atomic E-state index is 9.40. The van der Waals surface area contributed by atoms with Crippen LogP contribution in [0.4, 0.5) is 0 Å². The van der Waals surface area contributed by atoms with Gasteiger partial charge in [-0.2, -0.15) is 5.26 Å². The average Bonchev–Trinajstić information content (AvgIpc) is 2.93. The van der Waals surface area contributed by atoms with E-state index in [0.29, 0.717) is 6.42 Å². The predicted molar refractivity (Wildman–Crippen MR) is 80.7 cm³/mol. The number of aliphatic imine (C=N–C) groups is 1. The first-order valence-corrected chi connectivity index (χ1v) is 7.16. The van der Waals surface area contributed by atoms with Crippen molar-refractivity contribution in [3.05, 3.63) is 42.0 Å². The van der Waals surface area contributed by atoms with Gasteiger partial charge in [0.1, 0.15) is 11.3 Å². The summed E-state index contributed by atoms with van der Waals surface area (Å²) in [7, 11) is 0. The molecular weight excluding hydrogens is 248 g/mol. The molecule has 0 bridgehead atoms. The maximum absolute atomic E-state index is 9.40. The van der Waals surface area contributed by atoms with Gasteiger partial charge in [0.25, 0.3) is 0 Å². The molecule has 0 spiro atoms. The fraction of sp³-hybridized carbons (Fsp3) is 0.412. The Balaban J connectivity index is 1.94. The zero-order chi connectivity index (χ0) is 14.3. The number of allylic oxidation sites excluding steroid dienone is 1. The van der Waals surface area contributed by atoms with Gasteiger partial charge in [0.15, 0.2) is 0 Å². The summed E-state index contributed by atoms with van der Waals surface area (Å²) in [6.45, 7) is 0. The molecule has 1 aliphatic heterocycles. The first kappa shape index (κ1) is 14.3. The third-order valence-corrected chi connectivity index (χ3v) is 3.73. The molecule has 0 saturated carbocycles. The molecule has 3 heteroatoms. The molecule has 3 nitrogen and oxygen atoms in total. The van der Waals surface area contributed by atoms with Gasteiger partial charge in [-0.3, -0.25) is 4.99 Å². The molecule has 1 aliphatic rings. The van der Waals surface area contributed by atoms with Crippen LogP contribution in [0.2, 0.25) is 0 Å². The highest BCUT2D eigenvalue weighted by molar-refractivity contribution is 5.75. The molecule has 1 atom stereocenters. The number of hydrogen-bond donors (Lipinski definition) is 1. The van der Waals surface area contributed by atoms with E-state index in [2.05, 4.69) is 17.1 Å². The van der Waals surface area contributed by atoms with Crippen molar-refractivity contribution in [2.75, 3.05) is 0 Å². The van der Waals surface area contributed by atoms with E-state index in [-0.39, 0.29) is 11.3 Å². The Morgan fingerprint density at radius 2 is 1.85 bits per heavy atom. The SMILES string of the molecule is N#CCCCCCCC1(c2ccc(O)cc2)C=CC=N1. The van der Waals surface area contributed by atoms with E-state index < -0.39 is 0 Å². The second-order valence-electron chi connectivity index (χ2n) is 5.18. The number of nitriles is 1. The number of hydrogen-bond acceptors (Lipinski definition) is 3. The molecule has 0 fully saturated rings. The molecule has 0 amide bonds. The third-order valence-electron chi connectivity index (χ3n) is 3.73. The number of phenolic OH excluding ortho intramolecular Hbond substituents is 1. The van der Waals surface area contributed by atoms with Crippen molar-refractivity contribution in [3.8, 4) is 11.8 Å². The smallest absolute Gasteiger partial charge is 0.115 e. The van der Waals surface area contributed by atoms with Crippen LogP contribution in [0, 0.1) is 11.3 Å². The first-order valence-electron chi connectivity index (χ1n) is 7.16. The normalized spacial score (nSPS) is 20.1. The van der Waals surface area contributed by atoms with Crippen LogP contribution >= 0.6 is 0 Å². The summed E-state index contributed by atoms with van der Waals surface area (Å²) in [5.74, 6) is 0.284. The Morgan fingerprint density at radius 1 is 1.10 bits per heavy atom. The van der Waals surface area contributed by atoms with Crippen LogP contribution in [0.15, 0.2) is 41.4 Å². The number of phenols is 1. The molecule has 1 aromatic carbocycles. The molecule has 1 unspecified atom stereocenters. The molecule has 20 heavy (non-hydrogen) atoms.